The van der Waals surface area contributed by atoms with Crippen LogP contribution in [0.1, 0.15) is 33.9 Å². The first-order valence-corrected chi connectivity index (χ1v) is 13.3. The number of para-hydroxylation sites is 1. The molecule has 1 aliphatic heterocycles. The van der Waals surface area contributed by atoms with Crippen molar-refractivity contribution in [3.8, 4) is 5.75 Å². The lowest BCUT2D eigenvalue weighted by molar-refractivity contribution is -0.155. The summed E-state index contributed by atoms with van der Waals surface area (Å²) in [6.07, 6.45) is -4.19. The molecule has 2 unspecified atom stereocenters. The SMILES string of the molecule is CC(C)OC(=O)[C@H](C)NP(=O)(OC[C@H]1O[C@H](n2cc(F)c(N)nc2=O)C(F)(F)C1(C)CO)Oc1ccccc1. The Labute approximate surface area is 221 Å². The first kappa shape index (κ1) is 30.6. The van der Waals surface area contributed by atoms with Crippen LogP contribution in [0, 0.1) is 11.2 Å². The second-order valence-corrected chi connectivity index (χ2v) is 11.1. The van der Waals surface area contributed by atoms with Gasteiger partial charge in [0.05, 0.1) is 37.0 Å². The summed E-state index contributed by atoms with van der Waals surface area (Å²) in [5.41, 5.74) is 1.51. The van der Waals surface area contributed by atoms with Crippen molar-refractivity contribution in [1.82, 2.24) is 14.6 Å². The van der Waals surface area contributed by atoms with Gasteiger partial charge in [-0.1, -0.05) is 18.2 Å². The van der Waals surface area contributed by atoms with Crippen molar-refractivity contribution in [1.29, 1.82) is 0 Å². The molecule has 1 aliphatic rings. The van der Waals surface area contributed by atoms with Crippen molar-refractivity contribution in [2.24, 2.45) is 5.41 Å². The Kier molecular flexibility index (Phi) is 9.13. The highest BCUT2D eigenvalue weighted by atomic mass is 31.2. The Morgan fingerprint density at radius 3 is 2.54 bits per heavy atom. The van der Waals surface area contributed by atoms with Crippen LogP contribution in [0.4, 0.5) is 19.0 Å². The molecule has 16 heteroatoms. The summed E-state index contributed by atoms with van der Waals surface area (Å²) < 4.78 is 80.4. The maximum absolute atomic E-state index is 15.6. The van der Waals surface area contributed by atoms with Crippen LogP contribution in [-0.4, -0.2) is 58.0 Å². The molecule has 0 aliphatic carbocycles. The van der Waals surface area contributed by atoms with Crippen molar-refractivity contribution in [2.45, 2.75) is 58.1 Å². The summed E-state index contributed by atoms with van der Waals surface area (Å²) in [7, 11) is -4.49. The summed E-state index contributed by atoms with van der Waals surface area (Å²) in [6, 6.07) is 6.47. The number of hydrogen-bond acceptors (Lipinski definition) is 10. The van der Waals surface area contributed by atoms with Gasteiger partial charge in [-0.25, -0.2) is 22.5 Å². The lowest BCUT2D eigenvalue weighted by atomic mass is 9.80. The van der Waals surface area contributed by atoms with Crippen LogP contribution < -0.4 is 21.0 Å². The van der Waals surface area contributed by atoms with Crippen molar-refractivity contribution in [3.05, 3.63) is 52.8 Å². The standard InChI is InChI=1S/C23H30F3N4O8P/c1-13(2)36-19(32)14(3)29-39(34,38-15-8-6-5-7-9-15)35-11-17-22(4,12-31)23(25,26)20(37-17)30-10-16(24)18(27)28-21(30)33/h5-10,13-14,17,20,31H,11-12H2,1-4H3,(H,29,34)(H2,27,28,33)/t14-,17+,20-,22?,39?/m0/s1. The van der Waals surface area contributed by atoms with Gasteiger partial charge in [-0.15, -0.1) is 0 Å². The molecule has 216 valence electrons. The first-order chi connectivity index (χ1) is 18.1. The summed E-state index contributed by atoms with van der Waals surface area (Å²) in [6.45, 7) is 3.46. The van der Waals surface area contributed by atoms with Crippen LogP contribution in [0.25, 0.3) is 0 Å². The van der Waals surface area contributed by atoms with Gasteiger partial charge in [0.1, 0.15) is 11.8 Å². The van der Waals surface area contributed by atoms with Gasteiger partial charge in [-0.05, 0) is 39.8 Å². The average Bonchev–Trinajstić information content (AvgIpc) is 3.05. The molecule has 1 fully saturated rings. The molecule has 1 aromatic carbocycles. The molecule has 2 aromatic rings. The van der Waals surface area contributed by atoms with E-state index in [0.29, 0.717) is 6.20 Å². The molecule has 0 amide bonds. The molecule has 0 saturated carbocycles. The monoisotopic (exact) mass is 578 g/mol. The molecule has 12 nitrogen and oxygen atoms in total. The molecular formula is C23H30F3N4O8P. The molecule has 2 heterocycles. The molecule has 5 atom stereocenters. The number of rotatable bonds is 11. The number of anilines is 1. The maximum atomic E-state index is 15.6. The summed E-state index contributed by atoms with van der Waals surface area (Å²) in [5.74, 6) is -6.74. The van der Waals surface area contributed by atoms with Gasteiger partial charge in [0, 0.05) is 0 Å². The summed E-state index contributed by atoms with van der Waals surface area (Å²) >= 11 is 0. The number of carbonyl (C=O) groups excluding carboxylic acids is 1. The van der Waals surface area contributed by atoms with Crippen molar-refractivity contribution >= 4 is 19.5 Å². The minimum Gasteiger partial charge on any atom is -0.462 e. The first-order valence-electron chi connectivity index (χ1n) is 11.8. The number of nitrogens with one attached hydrogen (secondary N) is 1. The van der Waals surface area contributed by atoms with Crippen LogP contribution in [0.2, 0.25) is 0 Å². The number of carbonyl (C=O) groups is 1. The Hall–Kier alpha value is -2.97. The minimum atomic E-state index is -4.49. The van der Waals surface area contributed by atoms with Crippen LogP contribution in [0.5, 0.6) is 5.75 Å². The fraction of sp³-hybridized carbons (Fsp3) is 0.522. The number of aliphatic hydroxyl groups is 1. The summed E-state index contributed by atoms with van der Waals surface area (Å²) in [5, 5.41) is 12.3. The molecule has 1 aromatic heterocycles. The highest BCUT2D eigenvalue weighted by molar-refractivity contribution is 7.52. The van der Waals surface area contributed by atoms with Gasteiger partial charge in [-0.3, -0.25) is 13.9 Å². The van der Waals surface area contributed by atoms with E-state index in [-0.39, 0.29) is 10.3 Å². The molecule has 1 saturated heterocycles. The second-order valence-electron chi connectivity index (χ2n) is 9.37. The summed E-state index contributed by atoms with van der Waals surface area (Å²) in [4.78, 5) is 27.7. The Balaban J connectivity index is 1.90. The topological polar surface area (TPSA) is 164 Å². The smallest absolute Gasteiger partial charge is 0.459 e. The van der Waals surface area contributed by atoms with E-state index in [9.17, 15) is 23.7 Å². The van der Waals surface area contributed by atoms with Gasteiger partial charge in [0.15, 0.2) is 11.6 Å². The number of benzene rings is 1. The number of nitrogen functional groups attached to an aromatic ring is 1. The van der Waals surface area contributed by atoms with Crippen LogP contribution in [-0.2, 0) is 23.4 Å². The maximum Gasteiger partial charge on any atom is 0.459 e. The highest BCUT2D eigenvalue weighted by Gasteiger charge is 2.68. The fourth-order valence-electron chi connectivity index (χ4n) is 3.68. The lowest BCUT2D eigenvalue weighted by Crippen LogP contribution is -2.48. The number of aromatic nitrogens is 2. The van der Waals surface area contributed by atoms with Crippen molar-refractivity contribution in [3.63, 3.8) is 0 Å². The molecule has 0 spiro atoms. The van der Waals surface area contributed by atoms with E-state index in [1.807, 2.05) is 0 Å². The number of hydrogen-bond donors (Lipinski definition) is 3. The van der Waals surface area contributed by atoms with Gasteiger partial charge < -0.3 is 24.8 Å². The van der Waals surface area contributed by atoms with Gasteiger partial charge >= 0.3 is 25.3 Å². The van der Waals surface area contributed by atoms with E-state index < -0.39 is 80.1 Å². The number of nitrogens with zero attached hydrogens (tertiary/aromatic N) is 2. The number of nitrogens with two attached hydrogens (primary N) is 1. The van der Waals surface area contributed by atoms with Crippen LogP contribution >= 0.6 is 7.75 Å². The van der Waals surface area contributed by atoms with E-state index in [2.05, 4.69) is 10.1 Å². The van der Waals surface area contributed by atoms with E-state index in [1.54, 1.807) is 32.0 Å². The number of halogens is 3. The Morgan fingerprint density at radius 1 is 1.31 bits per heavy atom. The normalized spacial score (nSPS) is 24.7. The molecule has 0 bridgehead atoms. The predicted octanol–water partition coefficient (Wildman–Crippen LogP) is 2.63. The molecule has 4 N–H and O–H groups in total. The Morgan fingerprint density at radius 2 is 1.95 bits per heavy atom. The van der Waals surface area contributed by atoms with E-state index in [0.717, 1.165) is 6.92 Å². The van der Waals surface area contributed by atoms with Crippen molar-refractivity contribution in [2.75, 3.05) is 18.9 Å². The molecular weight excluding hydrogens is 548 g/mol. The average molecular weight is 578 g/mol. The zero-order valence-electron chi connectivity index (χ0n) is 21.5. The van der Waals surface area contributed by atoms with Crippen LogP contribution in [0.3, 0.4) is 0 Å². The van der Waals surface area contributed by atoms with E-state index >= 15 is 8.78 Å². The zero-order valence-corrected chi connectivity index (χ0v) is 22.4. The molecule has 0 radical (unpaired) electrons. The molecule has 3 rings (SSSR count). The third kappa shape index (κ3) is 6.44. The number of ether oxygens (including phenoxy) is 2. The lowest BCUT2D eigenvalue weighted by Gasteiger charge is -2.33. The van der Waals surface area contributed by atoms with Gasteiger partial charge in [0.25, 0.3) is 0 Å². The van der Waals surface area contributed by atoms with Crippen LogP contribution in [0.15, 0.2) is 41.3 Å². The third-order valence-corrected chi connectivity index (χ3v) is 7.66. The fourth-order valence-corrected chi connectivity index (χ4v) is 5.18. The zero-order chi connectivity index (χ0) is 29.2. The number of alkyl halides is 2. The number of esters is 1. The minimum absolute atomic E-state index is 0.0632. The quantitative estimate of drug-likeness (QED) is 0.265. The number of aliphatic hydroxyl groups excluding tert-OH is 1. The predicted molar refractivity (Wildman–Crippen MR) is 131 cm³/mol. The largest absolute Gasteiger partial charge is 0.462 e. The van der Waals surface area contributed by atoms with Gasteiger partial charge in [0.2, 0.25) is 6.23 Å². The highest BCUT2D eigenvalue weighted by Crippen LogP contribution is 2.56. The van der Waals surface area contributed by atoms with E-state index in [4.69, 9.17) is 24.3 Å². The van der Waals surface area contributed by atoms with E-state index in [1.165, 1.54) is 19.1 Å². The van der Waals surface area contributed by atoms with Crippen molar-refractivity contribution < 1.29 is 46.2 Å². The van der Waals surface area contributed by atoms with Gasteiger partial charge in [-0.2, -0.15) is 10.1 Å². The molecule has 39 heavy (non-hydrogen) atoms. The third-order valence-electron chi connectivity index (χ3n) is 6.01. The second kappa shape index (κ2) is 11.6. The Bertz CT molecular complexity index is 1280.